The van der Waals surface area contributed by atoms with Gasteiger partial charge in [0.15, 0.2) is 5.82 Å². The van der Waals surface area contributed by atoms with Crippen LogP contribution in [0.5, 0.6) is 0 Å². The van der Waals surface area contributed by atoms with Gasteiger partial charge in [0.1, 0.15) is 0 Å². The van der Waals surface area contributed by atoms with Crippen LogP contribution in [0.1, 0.15) is 11.7 Å². The van der Waals surface area contributed by atoms with E-state index in [-0.39, 0.29) is 12.5 Å². The zero-order valence-electron chi connectivity index (χ0n) is 11.0. The van der Waals surface area contributed by atoms with Crippen molar-refractivity contribution in [1.29, 1.82) is 0 Å². The van der Waals surface area contributed by atoms with Gasteiger partial charge >= 0.3 is 0 Å². The molecule has 0 bridgehead atoms. The van der Waals surface area contributed by atoms with E-state index in [2.05, 4.69) is 20.8 Å². The molecule has 0 fully saturated rings. The van der Waals surface area contributed by atoms with Crippen molar-refractivity contribution in [2.24, 2.45) is 0 Å². The fourth-order valence-electron chi connectivity index (χ4n) is 1.61. The molecule has 0 unspecified atom stereocenters. The minimum Gasteiger partial charge on any atom is -0.339 e. The number of amides is 1. The highest BCUT2D eigenvalue weighted by molar-refractivity contribution is 6.30. The molecule has 1 amide bonds. The minimum atomic E-state index is -0.131. The van der Waals surface area contributed by atoms with Crippen molar-refractivity contribution in [2.75, 3.05) is 18.4 Å². The zero-order valence-corrected chi connectivity index (χ0v) is 11.8. The topological polar surface area (TPSA) is 80.0 Å². The predicted octanol–water partition coefficient (Wildman–Crippen LogP) is 1.80. The Labute approximate surface area is 121 Å². The van der Waals surface area contributed by atoms with Crippen molar-refractivity contribution in [3.8, 4) is 0 Å². The molecule has 1 aromatic carbocycles. The molecule has 20 heavy (non-hydrogen) atoms. The standard InChI is InChI=1S/C13H15ClN4O2/c1-9-16-13(20-18-9)5-6-15-8-12(19)17-11-4-2-3-10(14)7-11/h2-4,7,15H,5-6,8H2,1H3,(H,17,19). The van der Waals surface area contributed by atoms with E-state index in [4.69, 9.17) is 16.1 Å². The molecule has 0 aliphatic rings. The number of benzene rings is 1. The van der Waals surface area contributed by atoms with E-state index in [0.717, 1.165) is 0 Å². The number of nitrogens with one attached hydrogen (secondary N) is 2. The summed E-state index contributed by atoms with van der Waals surface area (Å²) in [4.78, 5) is 15.7. The van der Waals surface area contributed by atoms with Crippen molar-refractivity contribution in [2.45, 2.75) is 13.3 Å². The van der Waals surface area contributed by atoms with E-state index >= 15 is 0 Å². The molecule has 1 aromatic heterocycles. The monoisotopic (exact) mass is 294 g/mol. The number of anilines is 1. The molecule has 0 saturated carbocycles. The fraction of sp³-hybridized carbons (Fsp3) is 0.308. The van der Waals surface area contributed by atoms with Gasteiger partial charge in [-0.2, -0.15) is 4.98 Å². The first-order chi connectivity index (χ1) is 9.63. The highest BCUT2D eigenvalue weighted by Gasteiger charge is 2.04. The van der Waals surface area contributed by atoms with Crippen LogP contribution in [-0.4, -0.2) is 29.1 Å². The van der Waals surface area contributed by atoms with Crippen LogP contribution in [-0.2, 0) is 11.2 Å². The quantitative estimate of drug-likeness (QED) is 0.794. The second-order valence-electron chi connectivity index (χ2n) is 4.22. The summed E-state index contributed by atoms with van der Waals surface area (Å²) in [6.07, 6.45) is 0.589. The molecular formula is C13H15ClN4O2. The Morgan fingerprint density at radius 2 is 2.30 bits per heavy atom. The van der Waals surface area contributed by atoms with E-state index in [1.165, 1.54) is 0 Å². The number of hydrogen-bond acceptors (Lipinski definition) is 5. The number of hydrogen-bond donors (Lipinski definition) is 2. The van der Waals surface area contributed by atoms with E-state index in [1.54, 1.807) is 31.2 Å². The van der Waals surface area contributed by atoms with Gasteiger partial charge in [-0.05, 0) is 25.1 Å². The Morgan fingerprint density at radius 3 is 3.00 bits per heavy atom. The Bertz CT molecular complexity index is 585. The molecule has 0 spiro atoms. The van der Waals surface area contributed by atoms with Gasteiger partial charge in [0.05, 0.1) is 6.54 Å². The van der Waals surface area contributed by atoms with E-state index in [9.17, 15) is 4.79 Å². The summed E-state index contributed by atoms with van der Waals surface area (Å²) < 4.78 is 4.96. The predicted molar refractivity (Wildman–Crippen MR) is 75.7 cm³/mol. The molecule has 0 saturated heterocycles. The second-order valence-corrected chi connectivity index (χ2v) is 4.66. The molecule has 0 atom stereocenters. The van der Waals surface area contributed by atoms with Crippen molar-refractivity contribution in [3.63, 3.8) is 0 Å². The summed E-state index contributed by atoms with van der Waals surface area (Å²) in [5.74, 6) is 1.04. The third-order valence-electron chi connectivity index (χ3n) is 2.48. The highest BCUT2D eigenvalue weighted by atomic mass is 35.5. The van der Waals surface area contributed by atoms with Crippen LogP contribution in [0.15, 0.2) is 28.8 Å². The first-order valence-corrected chi connectivity index (χ1v) is 6.56. The Hall–Kier alpha value is -1.92. The lowest BCUT2D eigenvalue weighted by molar-refractivity contribution is -0.115. The highest BCUT2D eigenvalue weighted by Crippen LogP contribution is 2.14. The van der Waals surface area contributed by atoms with Crippen LogP contribution >= 0.6 is 11.6 Å². The van der Waals surface area contributed by atoms with Gasteiger partial charge in [-0.3, -0.25) is 4.79 Å². The number of halogens is 1. The third-order valence-corrected chi connectivity index (χ3v) is 2.71. The summed E-state index contributed by atoms with van der Waals surface area (Å²) in [6.45, 7) is 2.56. The number of carbonyl (C=O) groups is 1. The minimum absolute atomic E-state index is 0.131. The Balaban J connectivity index is 1.67. The van der Waals surface area contributed by atoms with E-state index in [0.29, 0.717) is 35.4 Å². The number of carbonyl (C=O) groups excluding carboxylic acids is 1. The van der Waals surface area contributed by atoms with E-state index < -0.39 is 0 Å². The summed E-state index contributed by atoms with van der Waals surface area (Å²) in [5.41, 5.74) is 0.678. The van der Waals surface area contributed by atoms with Crippen LogP contribution in [0, 0.1) is 6.92 Å². The Morgan fingerprint density at radius 1 is 1.45 bits per heavy atom. The van der Waals surface area contributed by atoms with Crippen molar-refractivity contribution in [1.82, 2.24) is 15.5 Å². The zero-order chi connectivity index (χ0) is 14.4. The van der Waals surface area contributed by atoms with Gasteiger partial charge in [0.25, 0.3) is 0 Å². The molecule has 6 nitrogen and oxygen atoms in total. The van der Waals surface area contributed by atoms with Crippen LogP contribution in [0.3, 0.4) is 0 Å². The van der Waals surface area contributed by atoms with Crippen LogP contribution < -0.4 is 10.6 Å². The summed E-state index contributed by atoms with van der Waals surface area (Å²) in [6, 6.07) is 7.01. The van der Waals surface area contributed by atoms with E-state index in [1.807, 2.05) is 0 Å². The Kier molecular flexibility index (Phi) is 5.09. The summed E-state index contributed by atoms with van der Waals surface area (Å²) in [5, 5.41) is 10.0. The first-order valence-electron chi connectivity index (χ1n) is 6.19. The smallest absolute Gasteiger partial charge is 0.238 e. The van der Waals surface area contributed by atoms with Crippen LogP contribution in [0.2, 0.25) is 5.02 Å². The van der Waals surface area contributed by atoms with Gasteiger partial charge in [-0.15, -0.1) is 0 Å². The average Bonchev–Trinajstić information content (AvgIpc) is 2.80. The molecule has 106 valence electrons. The molecule has 0 aliphatic carbocycles. The maximum atomic E-state index is 11.7. The van der Waals surface area contributed by atoms with Crippen molar-refractivity contribution < 1.29 is 9.32 Å². The van der Waals surface area contributed by atoms with Gasteiger partial charge < -0.3 is 15.2 Å². The lowest BCUT2D eigenvalue weighted by atomic mass is 10.3. The largest absolute Gasteiger partial charge is 0.339 e. The molecule has 2 rings (SSSR count). The molecule has 2 N–H and O–H groups in total. The molecule has 0 aliphatic heterocycles. The van der Waals surface area contributed by atoms with Crippen molar-refractivity contribution in [3.05, 3.63) is 41.0 Å². The fourth-order valence-corrected chi connectivity index (χ4v) is 1.80. The maximum absolute atomic E-state index is 11.7. The number of nitrogens with zero attached hydrogens (tertiary/aromatic N) is 2. The van der Waals surface area contributed by atoms with Crippen LogP contribution in [0.4, 0.5) is 5.69 Å². The summed E-state index contributed by atoms with van der Waals surface area (Å²) in [7, 11) is 0. The molecule has 1 heterocycles. The number of aromatic nitrogens is 2. The number of rotatable bonds is 6. The molecule has 2 aromatic rings. The first kappa shape index (κ1) is 14.5. The molecular weight excluding hydrogens is 280 g/mol. The lowest BCUT2D eigenvalue weighted by Gasteiger charge is -2.06. The normalized spacial score (nSPS) is 10.5. The summed E-state index contributed by atoms with van der Waals surface area (Å²) >= 11 is 5.83. The maximum Gasteiger partial charge on any atom is 0.238 e. The molecule has 0 radical (unpaired) electrons. The van der Waals surface area contributed by atoms with Gasteiger partial charge in [0, 0.05) is 23.7 Å². The van der Waals surface area contributed by atoms with Crippen LogP contribution in [0.25, 0.3) is 0 Å². The average molecular weight is 295 g/mol. The second kappa shape index (κ2) is 7.02. The number of aryl methyl sites for hydroxylation is 1. The van der Waals surface area contributed by atoms with Crippen molar-refractivity contribution >= 4 is 23.2 Å². The molecule has 7 heteroatoms. The van der Waals surface area contributed by atoms with Gasteiger partial charge in [-0.25, -0.2) is 0 Å². The van der Waals surface area contributed by atoms with Gasteiger partial charge in [0.2, 0.25) is 11.8 Å². The third kappa shape index (κ3) is 4.64. The van der Waals surface area contributed by atoms with Gasteiger partial charge in [-0.1, -0.05) is 22.8 Å². The SMILES string of the molecule is Cc1noc(CCNCC(=O)Nc2cccc(Cl)c2)n1. The lowest BCUT2D eigenvalue weighted by Crippen LogP contribution is -2.29.